The van der Waals surface area contributed by atoms with Gasteiger partial charge in [0.1, 0.15) is 11.9 Å². The van der Waals surface area contributed by atoms with Crippen molar-refractivity contribution in [2.75, 3.05) is 11.1 Å². The number of hydrogen-bond donors (Lipinski definition) is 1. The maximum atomic E-state index is 13.0. The van der Waals surface area contributed by atoms with E-state index >= 15 is 0 Å². The first kappa shape index (κ1) is 21.7. The Bertz CT molecular complexity index is 1590. The Hall–Kier alpha value is -4.09. The SMILES string of the molecule is Cc1c(C#N)c(NC(=O)CSc2nnc3cc(C)c4ccccc4n23)n(-c2ccccc2)c1C. The molecule has 0 bridgehead atoms. The number of thioether (sulfide) groups is 1. The van der Waals surface area contributed by atoms with Crippen LogP contribution in [0.4, 0.5) is 5.82 Å². The van der Waals surface area contributed by atoms with Crippen LogP contribution < -0.4 is 5.32 Å². The predicted molar refractivity (Wildman–Crippen MR) is 135 cm³/mol. The van der Waals surface area contributed by atoms with Crippen molar-refractivity contribution in [3.63, 3.8) is 0 Å². The molecule has 3 heterocycles. The van der Waals surface area contributed by atoms with Crippen LogP contribution in [-0.4, -0.2) is 30.8 Å². The Kier molecular flexibility index (Phi) is 5.56. The lowest BCUT2D eigenvalue weighted by Crippen LogP contribution is -2.18. The molecule has 168 valence electrons. The lowest BCUT2D eigenvalue weighted by Gasteiger charge is -2.13. The van der Waals surface area contributed by atoms with E-state index in [-0.39, 0.29) is 11.7 Å². The first-order chi connectivity index (χ1) is 16.5. The van der Waals surface area contributed by atoms with Gasteiger partial charge in [0.2, 0.25) is 5.91 Å². The van der Waals surface area contributed by atoms with Crippen LogP contribution in [-0.2, 0) is 4.79 Å². The number of anilines is 1. The number of benzene rings is 2. The minimum Gasteiger partial charge on any atom is -0.310 e. The van der Waals surface area contributed by atoms with Crippen LogP contribution in [0.3, 0.4) is 0 Å². The number of pyridine rings is 1. The van der Waals surface area contributed by atoms with Crippen molar-refractivity contribution < 1.29 is 4.79 Å². The second-order valence-corrected chi connectivity index (χ2v) is 9.02. The van der Waals surface area contributed by atoms with E-state index in [2.05, 4.69) is 34.6 Å². The number of para-hydroxylation sites is 2. The van der Waals surface area contributed by atoms with E-state index in [4.69, 9.17) is 0 Å². The molecular formula is C26H22N6OS. The lowest BCUT2D eigenvalue weighted by molar-refractivity contribution is -0.113. The molecule has 0 aliphatic rings. The number of nitriles is 1. The number of hydrogen-bond acceptors (Lipinski definition) is 5. The molecule has 0 aliphatic carbocycles. The van der Waals surface area contributed by atoms with Gasteiger partial charge in [0.05, 0.1) is 16.8 Å². The largest absolute Gasteiger partial charge is 0.310 e. The molecule has 5 aromatic rings. The molecule has 1 amide bonds. The number of carbonyl (C=O) groups excluding carboxylic acids is 1. The number of rotatable bonds is 5. The molecular weight excluding hydrogens is 444 g/mol. The van der Waals surface area contributed by atoms with Crippen molar-refractivity contribution in [3.8, 4) is 11.8 Å². The summed E-state index contributed by atoms with van der Waals surface area (Å²) in [5, 5.41) is 23.1. The maximum absolute atomic E-state index is 13.0. The molecule has 8 heteroatoms. The summed E-state index contributed by atoms with van der Waals surface area (Å²) < 4.78 is 3.89. The molecule has 34 heavy (non-hydrogen) atoms. The molecule has 0 aliphatic heterocycles. The third kappa shape index (κ3) is 3.60. The van der Waals surface area contributed by atoms with E-state index in [9.17, 15) is 10.1 Å². The molecule has 0 spiro atoms. The number of nitrogens with zero attached hydrogens (tertiary/aromatic N) is 5. The number of nitrogens with one attached hydrogen (secondary N) is 1. The fourth-order valence-corrected chi connectivity index (χ4v) is 4.98. The summed E-state index contributed by atoms with van der Waals surface area (Å²) in [5.41, 5.74) is 5.99. The van der Waals surface area contributed by atoms with Crippen molar-refractivity contribution in [3.05, 3.63) is 83.0 Å². The lowest BCUT2D eigenvalue weighted by atomic mass is 10.1. The zero-order chi connectivity index (χ0) is 23.8. The minimum atomic E-state index is -0.218. The number of aryl methyl sites for hydroxylation is 1. The van der Waals surface area contributed by atoms with Gasteiger partial charge in [-0.2, -0.15) is 5.26 Å². The fourth-order valence-electron chi connectivity index (χ4n) is 4.23. The van der Waals surface area contributed by atoms with Crippen molar-refractivity contribution in [2.24, 2.45) is 0 Å². The monoisotopic (exact) mass is 466 g/mol. The first-order valence-electron chi connectivity index (χ1n) is 10.8. The molecule has 5 rings (SSSR count). The zero-order valence-electron chi connectivity index (χ0n) is 19.0. The molecule has 3 aromatic heterocycles. The molecule has 0 saturated carbocycles. The van der Waals surface area contributed by atoms with Gasteiger partial charge < -0.3 is 5.32 Å². The van der Waals surface area contributed by atoms with E-state index in [1.165, 1.54) is 11.8 Å². The van der Waals surface area contributed by atoms with Gasteiger partial charge in [-0.1, -0.05) is 48.2 Å². The second kappa shape index (κ2) is 8.69. The van der Waals surface area contributed by atoms with Crippen LogP contribution in [0.2, 0.25) is 0 Å². The molecule has 2 aromatic carbocycles. The van der Waals surface area contributed by atoms with Crippen molar-refractivity contribution in [1.82, 2.24) is 19.2 Å². The van der Waals surface area contributed by atoms with E-state index in [1.807, 2.05) is 77.4 Å². The zero-order valence-corrected chi connectivity index (χ0v) is 19.8. The molecule has 1 N–H and O–H groups in total. The van der Waals surface area contributed by atoms with Crippen LogP contribution in [0.1, 0.15) is 22.4 Å². The van der Waals surface area contributed by atoms with Gasteiger partial charge in [-0.25, -0.2) is 0 Å². The van der Waals surface area contributed by atoms with Gasteiger partial charge in [0.15, 0.2) is 10.8 Å². The topological polar surface area (TPSA) is 88.0 Å². The number of fused-ring (bicyclic) bond motifs is 3. The third-order valence-corrected chi connectivity index (χ3v) is 6.93. The van der Waals surface area contributed by atoms with Gasteiger partial charge >= 0.3 is 0 Å². The van der Waals surface area contributed by atoms with Crippen LogP contribution in [0, 0.1) is 32.1 Å². The summed E-state index contributed by atoms with van der Waals surface area (Å²) in [7, 11) is 0. The highest BCUT2D eigenvalue weighted by Gasteiger charge is 2.21. The fraction of sp³-hybridized carbons (Fsp3) is 0.154. The smallest absolute Gasteiger partial charge is 0.236 e. The molecule has 7 nitrogen and oxygen atoms in total. The number of amides is 1. The Labute approximate surface area is 201 Å². The maximum Gasteiger partial charge on any atom is 0.236 e. The van der Waals surface area contributed by atoms with Gasteiger partial charge in [-0.3, -0.25) is 13.8 Å². The Morgan fingerprint density at radius 2 is 1.79 bits per heavy atom. The highest BCUT2D eigenvalue weighted by Crippen LogP contribution is 2.31. The van der Waals surface area contributed by atoms with Crippen LogP contribution in [0.5, 0.6) is 0 Å². The minimum absolute atomic E-state index is 0.131. The normalized spacial score (nSPS) is 11.1. The molecule has 0 saturated heterocycles. The van der Waals surface area contributed by atoms with E-state index in [1.54, 1.807) is 0 Å². The average Bonchev–Trinajstić information content (AvgIpc) is 3.36. The molecule has 0 atom stereocenters. The van der Waals surface area contributed by atoms with Gasteiger partial charge in [-0.15, -0.1) is 10.2 Å². The van der Waals surface area contributed by atoms with E-state index < -0.39 is 0 Å². The third-order valence-electron chi connectivity index (χ3n) is 6.00. The van der Waals surface area contributed by atoms with Crippen molar-refractivity contribution in [2.45, 2.75) is 25.9 Å². The van der Waals surface area contributed by atoms with Crippen LogP contribution in [0.25, 0.3) is 22.2 Å². The highest BCUT2D eigenvalue weighted by molar-refractivity contribution is 7.99. The summed E-state index contributed by atoms with van der Waals surface area (Å²) in [5.74, 6) is 0.400. The van der Waals surface area contributed by atoms with Gasteiger partial charge in [0, 0.05) is 16.8 Å². The molecule has 0 fully saturated rings. The molecule has 0 radical (unpaired) electrons. The summed E-state index contributed by atoms with van der Waals surface area (Å²) in [6.07, 6.45) is 0. The van der Waals surface area contributed by atoms with Gasteiger partial charge in [0.25, 0.3) is 0 Å². The summed E-state index contributed by atoms with van der Waals surface area (Å²) >= 11 is 1.32. The summed E-state index contributed by atoms with van der Waals surface area (Å²) in [6, 6.07) is 22.0. The summed E-state index contributed by atoms with van der Waals surface area (Å²) in [4.78, 5) is 13.0. The second-order valence-electron chi connectivity index (χ2n) is 8.07. The highest BCUT2D eigenvalue weighted by atomic mass is 32.2. The van der Waals surface area contributed by atoms with E-state index in [0.717, 1.165) is 39.1 Å². The van der Waals surface area contributed by atoms with Crippen LogP contribution in [0.15, 0.2) is 65.8 Å². The first-order valence-corrected chi connectivity index (χ1v) is 11.8. The average molecular weight is 467 g/mol. The van der Waals surface area contributed by atoms with Crippen LogP contribution >= 0.6 is 11.8 Å². The quantitative estimate of drug-likeness (QED) is 0.360. The molecule has 0 unspecified atom stereocenters. The van der Waals surface area contributed by atoms with Crippen molar-refractivity contribution in [1.29, 1.82) is 5.26 Å². The Morgan fingerprint density at radius 3 is 2.56 bits per heavy atom. The number of aromatic nitrogens is 4. The Morgan fingerprint density at radius 1 is 1.06 bits per heavy atom. The van der Waals surface area contributed by atoms with Gasteiger partial charge in [-0.05, 0) is 56.2 Å². The Balaban J connectivity index is 1.45. The van der Waals surface area contributed by atoms with E-state index in [0.29, 0.717) is 16.5 Å². The standard InChI is InChI=1S/C26H22N6OS/c1-16-13-23-29-30-26(32(23)22-12-8-7-11-20(16)22)34-15-24(33)28-25-21(14-27)17(2)18(3)31(25)19-9-5-4-6-10-19/h4-13H,15H2,1-3H3,(H,28,33). The summed E-state index contributed by atoms with van der Waals surface area (Å²) in [6.45, 7) is 5.89. The number of carbonyl (C=O) groups is 1. The predicted octanol–water partition coefficient (Wildman–Crippen LogP) is 5.20. The van der Waals surface area contributed by atoms with Crippen molar-refractivity contribution >= 4 is 40.0 Å².